The van der Waals surface area contributed by atoms with Crippen molar-refractivity contribution in [2.45, 2.75) is 19.9 Å². The normalized spacial score (nSPS) is 10.8. The van der Waals surface area contributed by atoms with Crippen molar-refractivity contribution in [3.63, 3.8) is 0 Å². The fraction of sp³-hybridized carbons (Fsp3) is 0.273. The van der Waals surface area contributed by atoms with Gasteiger partial charge in [0, 0.05) is 6.54 Å². The van der Waals surface area contributed by atoms with Crippen molar-refractivity contribution in [2.24, 2.45) is 0 Å². The molecule has 0 amide bonds. The Kier molecular flexibility index (Phi) is 2.49. The van der Waals surface area contributed by atoms with E-state index in [-0.39, 0.29) is 11.4 Å². The molecule has 0 aliphatic heterocycles. The van der Waals surface area contributed by atoms with Crippen LogP contribution >= 0.6 is 0 Å². The van der Waals surface area contributed by atoms with E-state index in [1.54, 1.807) is 10.6 Å². The van der Waals surface area contributed by atoms with Gasteiger partial charge in [-0.1, -0.05) is 6.92 Å². The predicted octanol–water partition coefficient (Wildman–Crippen LogP) is 1.95. The molecule has 0 unspecified atom stereocenters. The third-order valence-corrected chi connectivity index (χ3v) is 2.26. The number of aromatic nitrogens is 2. The van der Waals surface area contributed by atoms with E-state index in [9.17, 15) is 9.18 Å². The standard InChI is InChI=1S/C11H11FN2O/c1-2-5-14-10-6-8(12)3-4-9(10)13-7-11(14)15/h3-4,6-7H,2,5H2,1H3. The topological polar surface area (TPSA) is 34.9 Å². The van der Waals surface area contributed by atoms with Crippen LogP contribution in [0.4, 0.5) is 4.39 Å². The SMILES string of the molecule is CCCn1c(=O)cnc2ccc(F)cc21. The Morgan fingerprint density at radius 1 is 1.47 bits per heavy atom. The highest BCUT2D eigenvalue weighted by atomic mass is 19.1. The first-order valence-corrected chi connectivity index (χ1v) is 4.87. The lowest BCUT2D eigenvalue weighted by atomic mass is 10.3. The number of halogens is 1. The van der Waals surface area contributed by atoms with E-state index in [0.29, 0.717) is 17.6 Å². The maximum Gasteiger partial charge on any atom is 0.269 e. The summed E-state index contributed by atoms with van der Waals surface area (Å²) in [5, 5.41) is 0. The maximum atomic E-state index is 13.0. The van der Waals surface area contributed by atoms with Crippen molar-refractivity contribution in [1.82, 2.24) is 9.55 Å². The molecule has 1 aromatic heterocycles. The van der Waals surface area contributed by atoms with Crippen molar-refractivity contribution in [1.29, 1.82) is 0 Å². The number of benzene rings is 1. The Morgan fingerprint density at radius 3 is 3.00 bits per heavy atom. The Hall–Kier alpha value is -1.71. The Bertz CT molecular complexity index is 548. The summed E-state index contributed by atoms with van der Waals surface area (Å²) in [4.78, 5) is 15.5. The molecule has 0 fully saturated rings. The van der Waals surface area contributed by atoms with Gasteiger partial charge in [0.05, 0.1) is 17.2 Å². The molecule has 0 saturated carbocycles. The summed E-state index contributed by atoms with van der Waals surface area (Å²) in [6.45, 7) is 2.55. The number of hydrogen-bond donors (Lipinski definition) is 0. The molecule has 1 aromatic carbocycles. The van der Waals surface area contributed by atoms with Gasteiger partial charge in [-0.05, 0) is 24.6 Å². The summed E-state index contributed by atoms with van der Waals surface area (Å²) in [5.41, 5.74) is 1.02. The molecule has 0 saturated heterocycles. The van der Waals surface area contributed by atoms with Crippen LogP contribution in [0.25, 0.3) is 11.0 Å². The third-order valence-electron chi connectivity index (χ3n) is 2.26. The van der Waals surface area contributed by atoms with Crippen LogP contribution < -0.4 is 5.56 Å². The van der Waals surface area contributed by atoms with Crippen LogP contribution in [0.5, 0.6) is 0 Å². The Morgan fingerprint density at radius 2 is 2.27 bits per heavy atom. The fourth-order valence-corrected chi connectivity index (χ4v) is 1.59. The quantitative estimate of drug-likeness (QED) is 0.752. The second-order valence-electron chi connectivity index (χ2n) is 3.38. The van der Waals surface area contributed by atoms with Gasteiger partial charge in [0.1, 0.15) is 5.82 Å². The molecular formula is C11H11FN2O. The lowest BCUT2D eigenvalue weighted by molar-refractivity contribution is 0.624. The van der Waals surface area contributed by atoms with E-state index >= 15 is 0 Å². The molecule has 0 radical (unpaired) electrons. The van der Waals surface area contributed by atoms with Crippen LogP contribution in [0.1, 0.15) is 13.3 Å². The molecule has 3 nitrogen and oxygen atoms in total. The summed E-state index contributed by atoms with van der Waals surface area (Å²) in [5.74, 6) is -0.347. The minimum Gasteiger partial charge on any atom is -0.305 e. The van der Waals surface area contributed by atoms with Gasteiger partial charge in [-0.25, -0.2) is 9.37 Å². The Balaban J connectivity index is 2.78. The molecule has 0 atom stereocenters. The molecule has 0 spiro atoms. The van der Waals surface area contributed by atoms with Crippen molar-refractivity contribution < 1.29 is 4.39 Å². The molecule has 4 heteroatoms. The number of rotatable bonds is 2. The zero-order valence-electron chi connectivity index (χ0n) is 8.40. The van der Waals surface area contributed by atoms with Crippen LogP contribution in [0.3, 0.4) is 0 Å². The third kappa shape index (κ3) is 1.75. The highest BCUT2D eigenvalue weighted by molar-refractivity contribution is 5.74. The van der Waals surface area contributed by atoms with Gasteiger partial charge >= 0.3 is 0 Å². The molecule has 0 aliphatic rings. The average molecular weight is 206 g/mol. The minimum absolute atomic E-state index is 0.185. The number of nitrogens with zero attached hydrogens (tertiary/aromatic N) is 2. The van der Waals surface area contributed by atoms with Crippen molar-refractivity contribution >= 4 is 11.0 Å². The molecule has 0 N–H and O–H groups in total. The van der Waals surface area contributed by atoms with Crippen molar-refractivity contribution in [2.75, 3.05) is 0 Å². The van der Waals surface area contributed by atoms with Crippen LogP contribution in [0.15, 0.2) is 29.2 Å². The van der Waals surface area contributed by atoms with Gasteiger partial charge in [0.25, 0.3) is 5.56 Å². The molecule has 0 bridgehead atoms. The Labute approximate surface area is 86.2 Å². The first kappa shape index (κ1) is 9.83. The number of aryl methyl sites for hydroxylation is 1. The summed E-state index contributed by atoms with van der Waals surface area (Å²) in [7, 11) is 0. The van der Waals surface area contributed by atoms with E-state index in [1.807, 2.05) is 6.92 Å². The minimum atomic E-state index is -0.347. The fourth-order valence-electron chi connectivity index (χ4n) is 1.59. The van der Waals surface area contributed by atoms with E-state index < -0.39 is 0 Å². The van der Waals surface area contributed by atoms with E-state index in [4.69, 9.17) is 0 Å². The van der Waals surface area contributed by atoms with Crippen LogP contribution in [-0.2, 0) is 6.54 Å². The lowest BCUT2D eigenvalue weighted by Gasteiger charge is -2.07. The lowest BCUT2D eigenvalue weighted by Crippen LogP contribution is -2.20. The van der Waals surface area contributed by atoms with Gasteiger partial charge in [-0.15, -0.1) is 0 Å². The first-order valence-electron chi connectivity index (χ1n) is 4.87. The molecule has 1 heterocycles. The highest BCUT2D eigenvalue weighted by Crippen LogP contribution is 2.11. The van der Waals surface area contributed by atoms with Gasteiger partial charge in [0.15, 0.2) is 0 Å². The zero-order valence-corrected chi connectivity index (χ0v) is 8.40. The first-order chi connectivity index (χ1) is 7.22. The molecule has 2 rings (SSSR count). The summed E-state index contributed by atoms with van der Waals surface area (Å²) < 4.78 is 14.6. The van der Waals surface area contributed by atoms with E-state index in [2.05, 4.69) is 4.98 Å². The molecule has 2 aromatic rings. The monoisotopic (exact) mass is 206 g/mol. The number of hydrogen-bond acceptors (Lipinski definition) is 2. The maximum absolute atomic E-state index is 13.0. The molecule has 0 aliphatic carbocycles. The van der Waals surface area contributed by atoms with E-state index in [1.165, 1.54) is 18.3 Å². The summed E-state index contributed by atoms with van der Waals surface area (Å²) >= 11 is 0. The largest absolute Gasteiger partial charge is 0.305 e. The summed E-state index contributed by atoms with van der Waals surface area (Å²) in [6.07, 6.45) is 2.10. The van der Waals surface area contributed by atoms with E-state index in [0.717, 1.165) is 6.42 Å². The van der Waals surface area contributed by atoms with Gasteiger partial charge in [0.2, 0.25) is 0 Å². The molecular weight excluding hydrogens is 195 g/mol. The summed E-state index contributed by atoms with van der Waals surface area (Å²) in [6, 6.07) is 4.27. The van der Waals surface area contributed by atoms with Gasteiger partial charge in [-0.3, -0.25) is 4.79 Å². The van der Waals surface area contributed by atoms with Crippen LogP contribution in [0, 0.1) is 5.82 Å². The number of fused-ring (bicyclic) bond motifs is 1. The van der Waals surface area contributed by atoms with Crippen LogP contribution in [0.2, 0.25) is 0 Å². The second kappa shape index (κ2) is 3.81. The van der Waals surface area contributed by atoms with Gasteiger partial charge in [-0.2, -0.15) is 0 Å². The average Bonchev–Trinajstić information content (AvgIpc) is 2.23. The van der Waals surface area contributed by atoms with Crippen LogP contribution in [-0.4, -0.2) is 9.55 Å². The van der Waals surface area contributed by atoms with Gasteiger partial charge < -0.3 is 4.57 Å². The highest BCUT2D eigenvalue weighted by Gasteiger charge is 2.04. The predicted molar refractivity (Wildman–Crippen MR) is 56.3 cm³/mol. The van der Waals surface area contributed by atoms with Crippen molar-refractivity contribution in [3.8, 4) is 0 Å². The smallest absolute Gasteiger partial charge is 0.269 e. The zero-order chi connectivity index (χ0) is 10.8. The molecule has 15 heavy (non-hydrogen) atoms. The molecule has 78 valence electrons. The van der Waals surface area contributed by atoms with Crippen molar-refractivity contribution in [3.05, 3.63) is 40.6 Å². The second-order valence-corrected chi connectivity index (χ2v) is 3.38.